The lowest BCUT2D eigenvalue weighted by Crippen LogP contribution is -2.37. The van der Waals surface area contributed by atoms with Gasteiger partial charge in [0.2, 0.25) is 5.91 Å². The van der Waals surface area contributed by atoms with Crippen LogP contribution in [0.4, 0.5) is 0 Å². The minimum atomic E-state index is -0.0122. The van der Waals surface area contributed by atoms with Gasteiger partial charge in [-0.05, 0) is 49.2 Å². The van der Waals surface area contributed by atoms with Crippen LogP contribution in [-0.2, 0) is 4.79 Å². The number of nitrogens with zero attached hydrogens (tertiary/aromatic N) is 3. The fourth-order valence-electron chi connectivity index (χ4n) is 2.55. The molecule has 7 heteroatoms. The third-order valence-electron chi connectivity index (χ3n) is 4.47. The maximum absolute atomic E-state index is 12.3. The van der Waals surface area contributed by atoms with Crippen molar-refractivity contribution in [1.82, 2.24) is 20.1 Å². The van der Waals surface area contributed by atoms with E-state index in [0.29, 0.717) is 21.9 Å². The molecule has 0 aliphatic rings. The SMILES string of the molecule is CC(C)[C@@H](C)NC(=O)CSc1nnc(-c2ccc(Cl)cc2)n1-c1ccccc1. The molecule has 28 heavy (non-hydrogen) atoms. The Morgan fingerprint density at radius 3 is 2.39 bits per heavy atom. The standard InChI is InChI=1S/C21H23ClN4OS/c1-14(2)15(3)23-19(27)13-28-21-25-24-20(16-9-11-17(22)12-10-16)26(21)18-7-5-4-6-8-18/h4-12,14-15H,13H2,1-3H3,(H,23,27)/t15-/m1/s1. The van der Waals surface area contributed by atoms with Gasteiger partial charge >= 0.3 is 0 Å². The number of rotatable bonds is 7. The lowest BCUT2D eigenvalue weighted by Gasteiger charge is -2.17. The molecule has 1 amide bonds. The molecular formula is C21H23ClN4OS. The van der Waals surface area contributed by atoms with E-state index in [4.69, 9.17) is 11.6 Å². The molecule has 146 valence electrons. The number of thioether (sulfide) groups is 1. The van der Waals surface area contributed by atoms with E-state index in [9.17, 15) is 4.79 Å². The highest BCUT2D eigenvalue weighted by Crippen LogP contribution is 2.28. The van der Waals surface area contributed by atoms with Gasteiger partial charge in [0.05, 0.1) is 5.75 Å². The third-order valence-corrected chi connectivity index (χ3v) is 5.65. The predicted molar refractivity (Wildman–Crippen MR) is 115 cm³/mol. The number of halogens is 1. The number of nitrogens with one attached hydrogen (secondary N) is 1. The van der Waals surface area contributed by atoms with Crippen LogP contribution in [0.15, 0.2) is 59.8 Å². The molecule has 0 fully saturated rings. The molecule has 2 aromatic carbocycles. The molecule has 0 aliphatic heterocycles. The zero-order valence-corrected chi connectivity index (χ0v) is 17.7. The van der Waals surface area contributed by atoms with Crippen molar-refractivity contribution in [3.8, 4) is 17.1 Å². The average molecular weight is 415 g/mol. The maximum atomic E-state index is 12.3. The normalized spacial score (nSPS) is 12.2. The van der Waals surface area contributed by atoms with E-state index in [-0.39, 0.29) is 17.7 Å². The Bertz CT molecular complexity index is 925. The smallest absolute Gasteiger partial charge is 0.230 e. The van der Waals surface area contributed by atoms with Gasteiger partial charge in [0, 0.05) is 22.3 Å². The number of carbonyl (C=O) groups is 1. The minimum Gasteiger partial charge on any atom is -0.353 e. The first-order chi connectivity index (χ1) is 13.5. The average Bonchev–Trinajstić information content (AvgIpc) is 3.11. The molecule has 5 nitrogen and oxygen atoms in total. The summed E-state index contributed by atoms with van der Waals surface area (Å²) in [6.45, 7) is 6.18. The monoisotopic (exact) mass is 414 g/mol. The van der Waals surface area contributed by atoms with Crippen LogP contribution in [0.3, 0.4) is 0 Å². The second-order valence-electron chi connectivity index (χ2n) is 6.87. The van der Waals surface area contributed by atoms with Crippen molar-refractivity contribution in [2.24, 2.45) is 5.92 Å². The Hall–Kier alpha value is -2.31. The van der Waals surface area contributed by atoms with E-state index in [0.717, 1.165) is 11.3 Å². The fraction of sp³-hybridized carbons (Fsp3) is 0.286. The van der Waals surface area contributed by atoms with Crippen molar-refractivity contribution in [3.05, 3.63) is 59.6 Å². The Morgan fingerprint density at radius 2 is 1.75 bits per heavy atom. The summed E-state index contributed by atoms with van der Waals surface area (Å²) >= 11 is 7.39. The van der Waals surface area contributed by atoms with Gasteiger partial charge in [0.15, 0.2) is 11.0 Å². The molecule has 0 saturated carbocycles. The van der Waals surface area contributed by atoms with Crippen molar-refractivity contribution in [3.63, 3.8) is 0 Å². The molecule has 0 radical (unpaired) electrons. The Morgan fingerprint density at radius 1 is 1.07 bits per heavy atom. The lowest BCUT2D eigenvalue weighted by atomic mass is 10.1. The summed E-state index contributed by atoms with van der Waals surface area (Å²) in [5.41, 5.74) is 1.85. The van der Waals surface area contributed by atoms with Crippen LogP contribution in [0.5, 0.6) is 0 Å². The van der Waals surface area contributed by atoms with E-state index < -0.39 is 0 Å². The van der Waals surface area contributed by atoms with E-state index in [2.05, 4.69) is 29.4 Å². The zero-order chi connectivity index (χ0) is 20.1. The predicted octanol–water partition coefficient (Wildman–Crippen LogP) is 4.84. The van der Waals surface area contributed by atoms with Crippen LogP contribution < -0.4 is 5.32 Å². The zero-order valence-electron chi connectivity index (χ0n) is 16.1. The van der Waals surface area contributed by atoms with Gasteiger partial charge in [-0.15, -0.1) is 10.2 Å². The molecule has 0 spiro atoms. The second-order valence-corrected chi connectivity index (χ2v) is 8.25. The first-order valence-electron chi connectivity index (χ1n) is 9.14. The molecule has 1 aromatic heterocycles. The molecule has 0 unspecified atom stereocenters. The number of amides is 1. The van der Waals surface area contributed by atoms with Crippen molar-refractivity contribution in [1.29, 1.82) is 0 Å². The molecule has 3 rings (SSSR count). The van der Waals surface area contributed by atoms with E-state index in [1.165, 1.54) is 11.8 Å². The largest absolute Gasteiger partial charge is 0.353 e. The van der Waals surface area contributed by atoms with Gasteiger partial charge in [-0.1, -0.05) is 55.4 Å². The molecule has 1 heterocycles. The van der Waals surface area contributed by atoms with Gasteiger partial charge in [-0.25, -0.2) is 0 Å². The number of hydrogen-bond donors (Lipinski definition) is 1. The van der Waals surface area contributed by atoms with Crippen LogP contribution >= 0.6 is 23.4 Å². The summed E-state index contributed by atoms with van der Waals surface area (Å²) in [6, 6.07) is 17.5. The summed E-state index contributed by atoms with van der Waals surface area (Å²) < 4.78 is 1.97. The van der Waals surface area contributed by atoms with E-state index in [1.54, 1.807) is 0 Å². The molecule has 0 saturated heterocycles. The molecule has 1 N–H and O–H groups in total. The first-order valence-corrected chi connectivity index (χ1v) is 10.5. The summed E-state index contributed by atoms with van der Waals surface area (Å²) in [4.78, 5) is 12.3. The van der Waals surface area contributed by atoms with Crippen LogP contribution in [0.1, 0.15) is 20.8 Å². The lowest BCUT2D eigenvalue weighted by molar-refractivity contribution is -0.119. The van der Waals surface area contributed by atoms with Crippen molar-refractivity contribution >= 4 is 29.3 Å². The van der Waals surface area contributed by atoms with Gasteiger partial charge in [-0.2, -0.15) is 0 Å². The quantitative estimate of drug-likeness (QED) is 0.562. The van der Waals surface area contributed by atoms with Crippen LogP contribution in [0.25, 0.3) is 17.1 Å². The Labute approximate surface area is 174 Å². The maximum Gasteiger partial charge on any atom is 0.230 e. The summed E-state index contributed by atoms with van der Waals surface area (Å²) in [6.07, 6.45) is 0. The van der Waals surface area contributed by atoms with Crippen LogP contribution in [0, 0.1) is 5.92 Å². The molecule has 0 aliphatic carbocycles. The number of carbonyl (C=O) groups excluding carboxylic acids is 1. The molecule has 1 atom stereocenters. The van der Waals surface area contributed by atoms with Gasteiger partial charge in [0.1, 0.15) is 0 Å². The second kappa shape index (κ2) is 9.26. The van der Waals surface area contributed by atoms with Gasteiger partial charge in [0.25, 0.3) is 0 Å². The number of benzene rings is 2. The van der Waals surface area contributed by atoms with Gasteiger partial charge in [-0.3, -0.25) is 9.36 Å². The van der Waals surface area contributed by atoms with Crippen molar-refractivity contribution in [2.75, 3.05) is 5.75 Å². The highest BCUT2D eigenvalue weighted by atomic mass is 35.5. The Balaban J connectivity index is 1.87. The third kappa shape index (κ3) is 4.94. The fourth-order valence-corrected chi connectivity index (χ4v) is 3.44. The first kappa shape index (κ1) is 20.4. The summed E-state index contributed by atoms with van der Waals surface area (Å²) in [5, 5.41) is 13.1. The Kier molecular flexibility index (Phi) is 6.75. The topological polar surface area (TPSA) is 59.8 Å². The van der Waals surface area contributed by atoms with Crippen LogP contribution in [0.2, 0.25) is 5.02 Å². The van der Waals surface area contributed by atoms with E-state index in [1.807, 2.05) is 66.1 Å². The molecular weight excluding hydrogens is 392 g/mol. The van der Waals surface area contributed by atoms with Crippen LogP contribution in [-0.4, -0.2) is 32.5 Å². The highest BCUT2D eigenvalue weighted by Gasteiger charge is 2.18. The summed E-state index contributed by atoms with van der Waals surface area (Å²) in [7, 11) is 0. The molecule has 3 aromatic rings. The molecule has 0 bridgehead atoms. The summed E-state index contributed by atoms with van der Waals surface area (Å²) in [5.74, 6) is 1.37. The van der Waals surface area contributed by atoms with Crippen molar-refractivity contribution < 1.29 is 4.79 Å². The number of para-hydroxylation sites is 1. The minimum absolute atomic E-state index is 0.0122. The highest BCUT2D eigenvalue weighted by molar-refractivity contribution is 7.99. The number of aromatic nitrogens is 3. The number of hydrogen-bond acceptors (Lipinski definition) is 4. The van der Waals surface area contributed by atoms with Gasteiger partial charge < -0.3 is 5.32 Å². The van der Waals surface area contributed by atoms with Crippen molar-refractivity contribution in [2.45, 2.75) is 32.0 Å². The van der Waals surface area contributed by atoms with E-state index >= 15 is 0 Å².